The van der Waals surface area contributed by atoms with Crippen molar-refractivity contribution in [1.82, 2.24) is 0 Å². The van der Waals surface area contributed by atoms with Gasteiger partial charge < -0.3 is 10.0 Å². The first-order valence-corrected chi connectivity index (χ1v) is 4.81. The van der Waals surface area contributed by atoms with Crippen molar-refractivity contribution >= 4 is 11.7 Å². The van der Waals surface area contributed by atoms with E-state index in [2.05, 4.69) is 0 Å². The van der Waals surface area contributed by atoms with Gasteiger partial charge in [-0.15, -0.1) is 0 Å². The summed E-state index contributed by atoms with van der Waals surface area (Å²) in [7, 11) is 1.53. The predicted octanol–water partition coefficient (Wildman–Crippen LogP) is 2.12. The number of nitrogens with zero attached hydrogens (tertiary/aromatic N) is 1. The molecule has 0 radical (unpaired) electrons. The molecule has 0 heterocycles. The average Bonchev–Trinajstić information content (AvgIpc) is 2.21. The van der Waals surface area contributed by atoms with Crippen LogP contribution >= 0.6 is 0 Å². The van der Waals surface area contributed by atoms with E-state index in [1.807, 2.05) is 0 Å². The van der Waals surface area contributed by atoms with Crippen LogP contribution in [-0.4, -0.2) is 24.7 Å². The summed E-state index contributed by atoms with van der Waals surface area (Å²) in [6.07, 6.45) is 0. The molecule has 1 rings (SSSR count). The van der Waals surface area contributed by atoms with Crippen molar-refractivity contribution in [2.75, 3.05) is 18.5 Å². The highest BCUT2D eigenvalue weighted by Gasteiger charge is 2.16. The number of aliphatic carboxylic acids is 1. The number of halogens is 2. The molecule has 0 aliphatic rings. The zero-order valence-corrected chi connectivity index (χ0v) is 9.08. The lowest BCUT2D eigenvalue weighted by molar-refractivity contribution is -0.140. The summed E-state index contributed by atoms with van der Waals surface area (Å²) >= 11 is 0. The third-order valence-electron chi connectivity index (χ3n) is 2.29. The second-order valence-corrected chi connectivity index (χ2v) is 3.72. The zero-order valence-electron chi connectivity index (χ0n) is 9.08. The van der Waals surface area contributed by atoms with Crippen molar-refractivity contribution < 1.29 is 18.7 Å². The number of benzene rings is 1. The molecule has 0 amide bonds. The summed E-state index contributed by atoms with van der Waals surface area (Å²) in [5.74, 6) is -2.73. The Kier molecular flexibility index (Phi) is 3.82. The lowest BCUT2D eigenvalue weighted by atomic mass is 10.1. The molecule has 0 saturated carbocycles. The number of rotatable bonds is 4. The molecule has 0 bridgehead atoms. The molecular formula is C11H13F2NO2. The number of hydrogen-bond donors (Lipinski definition) is 1. The summed E-state index contributed by atoms with van der Waals surface area (Å²) in [6.45, 7) is 1.63. The van der Waals surface area contributed by atoms with Crippen molar-refractivity contribution in [3.63, 3.8) is 0 Å². The van der Waals surface area contributed by atoms with Crippen LogP contribution in [0.5, 0.6) is 0 Å². The van der Waals surface area contributed by atoms with Gasteiger partial charge in [0.1, 0.15) is 11.6 Å². The molecule has 5 heteroatoms. The molecule has 16 heavy (non-hydrogen) atoms. The highest BCUT2D eigenvalue weighted by molar-refractivity contribution is 5.70. The Bertz CT molecular complexity index is 396. The fourth-order valence-corrected chi connectivity index (χ4v) is 1.37. The van der Waals surface area contributed by atoms with Crippen LogP contribution in [0.25, 0.3) is 0 Å². The Morgan fingerprint density at radius 1 is 1.50 bits per heavy atom. The maximum absolute atomic E-state index is 13.3. The van der Waals surface area contributed by atoms with Gasteiger partial charge in [-0.1, -0.05) is 6.92 Å². The summed E-state index contributed by atoms with van der Waals surface area (Å²) < 4.78 is 26.2. The smallest absolute Gasteiger partial charge is 0.308 e. The van der Waals surface area contributed by atoms with Crippen LogP contribution in [0.2, 0.25) is 0 Å². The third-order valence-corrected chi connectivity index (χ3v) is 2.29. The number of carboxylic acid groups (broad SMARTS) is 1. The minimum absolute atomic E-state index is 0.0631. The van der Waals surface area contributed by atoms with E-state index in [0.717, 1.165) is 18.2 Å². The van der Waals surface area contributed by atoms with Crippen molar-refractivity contribution in [2.45, 2.75) is 6.92 Å². The van der Waals surface area contributed by atoms with Crippen molar-refractivity contribution in [1.29, 1.82) is 0 Å². The van der Waals surface area contributed by atoms with Crippen LogP contribution in [0, 0.1) is 17.6 Å². The second kappa shape index (κ2) is 4.92. The van der Waals surface area contributed by atoms with E-state index in [1.54, 1.807) is 0 Å². The molecule has 1 unspecified atom stereocenters. The largest absolute Gasteiger partial charge is 0.481 e. The second-order valence-electron chi connectivity index (χ2n) is 3.72. The number of carbonyl (C=O) groups is 1. The molecule has 3 nitrogen and oxygen atoms in total. The van der Waals surface area contributed by atoms with Crippen LogP contribution < -0.4 is 4.90 Å². The number of carboxylic acids is 1. The van der Waals surface area contributed by atoms with Gasteiger partial charge in [-0.2, -0.15) is 0 Å². The first-order valence-electron chi connectivity index (χ1n) is 4.81. The van der Waals surface area contributed by atoms with Gasteiger partial charge >= 0.3 is 5.97 Å². The molecule has 0 aromatic heterocycles. The highest BCUT2D eigenvalue weighted by Crippen LogP contribution is 2.20. The molecule has 1 aromatic rings. The molecule has 0 aliphatic carbocycles. The van der Waals surface area contributed by atoms with Gasteiger partial charge in [-0.3, -0.25) is 4.79 Å². The molecule has 0 saturated heterocycles. The Balaban J connectivity index is 2.83. The quantitative estimate of drug-likeness (QED) is 0.859. The first kappa shape index (κ1) is 12.4. The monoisotopic (exact) mass is 229 g/mol. The van der Waals surface area contributed by atoms with E-state index in [4.69, 9.17) is 5.11 Å². The summed E-state index contributed by atoms with van der Waals surface area (Å²) in [6, 6.07) is 3.09. The highest BCUT2D eigenvalue weighted by atomic mass is 19.1. The summed E-state index contributed by atoms with van der Waals surface area (Å²) in [5.41, 5.74) is 0.0631. The van der Waals surface area contributed by atoms with Crippen LogP contribution in [0.1, 0.15) is 6.92 Å². The molecule has 1 aromatic carbocycles. The lowest BCUT2D eigenvalue weighted by Gasteiger charge is -2.21. The van der Waals surface area contributed by atoms with Crippen LogP contribution in [-0.2, 0) is 4.79 Å². The first-order chi connectivity index (χ1) is 7.41. The van der Waals surface area contributed by atoms with Gasteiger partial charge in [0, 0.05) is 19.7 Å². The maximum atomic E-state index is 13.3. The molecule has 88 valence electrons. The normalized spacial score (nSPS) is 12.2. The Hall–Kier alpha value is -1.65. The van der Waals surface area contributed by atoms with Crippen LogP contribution in [0.4, 0.5) is 14.5 Å². The minimum atomic E-state index is -0.969. The van der Waals surface area contributed by atoms with Gasteiger partial charge in [-0.05, 0) is 12.1 Å². The standard InChI is InChI=1S/C11H13F2NO2/c1-7(11(15)16)6-14(2)10-5-8(12)3-4-9(10)13/h3-5,7H,6H2,1-2H3,(H,15,16). The third kappa shape index (κ3) is 2.92. The van der Waals surface area contributed by atoms with Gasteiger partial charge in [-0.25, -0.2) is 8.78 Å². The molecule has 0 spiro atoms. The molecule has 0 fully saturated rings. The molecule has 1 atom stereocenters. The summed E-state index contributed by atoms with van der Waals surface area (Å²) in [5, 5.41) is 8.71. The van der Waals surface area contributed by atoms with Gasteiger partial charge in [0.2, 0.25) is 0 Å². The zero-order chi connectivity index (χ0) is 12.3. The van der Waals surface area contributed by atoms with E-state index in [1.165, 1.54) is 18.9 Å². The van der Waals surface area contributed by atoms with Crippen molar-refractivity contribution in [3.05, 3.63) is 29.8 Å². The molecular weight excluding hydrogens is 216 g/mol. The van der Waals surface area contributed by atoms with Crippen LogP contribution in [0.3, 0.4) is 0 Å². The van der Waals surface area contributed by atoms with Gasteiger partial charge in [0.05, 0.1) is 11.6 Å². The van der Waals surface area contributed by atoms with E-state index >= 15 is 0 Å². The molecule has 1 N–H and O–H groups in total. The van der Waals surface area contributed by atoms with Gasteiger partial charge in [0.15, 0.2) is 0 Å². The fourth-order valence-electron chi connectivity index (χ4n) is 1.37. The van der Waals surface area contributed by atoms with Crippen molar-refractivity contribution in [3.8, 4) is 0 Å². The average molecular weight is 229 g/mol. The van der Waals surface area contributed by atoms with Crippen molar-refractivity contribution in [2.24, 2.45) is 5.92 Å². The number of hydrogen-bond acceptors (Lipinski definition) is 2. The Labute approximate surface area is 92.3 Å². The van der Waals surface area contributed by atoms with E-state index in [0.29, 0.717) is 0 Å². The topological polar surface area (TPSA) is 40.5 Å². The maximum Gasteiger partial charge on any atom is 0.308 e. The van der Waals surface area contributed by atoms with E-state index in [-0.39, 0.29) is 12.2 Å². The van der Waals surface area contributed by atoms with E-state index < -0.39 is 23.5 Å². The van der Waals surface area contributed by atoms with Gasteiger partial charge in [0.25, 0.3) is 0 Å². The molecule has 0 aliphatic heterocycles. The van der Waals surface area contributed by atoms with E-state index in [9.17, 15) is 13.6 Å². The minimum Gasteiger partial charge on any atom is -0.481 e. The summed E-state index contributed by atoms with van der Waals surface area (Å²) in [4.78, 5) is 12.0. The SMILES string of the molecule is CC(CN(C)c1cc(F)ccc1F)C(=O)O. The van der Waals surface area contributed by atoms with Crippen LogP contribution in [0.15, 0.2) is 18.2 Å². The predicted molar refractivity (Wildman–Crippen MR) is 56.4 cm³/mol. The fraction of sp³-hybridized carbons (Fsp3) is 0.364. The number of anilines is 1. The Morgan fingerprint density at radius 2 is 2.12 bits per heavy atom. The lowest BCUT2D eigenvalue weighted by Crippen LogP contribution is -2.29. The Morgan fingerprint density at radius 3 is 2.69 bits per heavy atom.